The quantitative estimate of drug-likeness (QED) is 0.212. The van der Waals surface area contributed by atoms with Crippen molar-refractivity contribution in [1.82, 2.24) is 14.9 Å². The van der Waals surface area contributed by atoms with Gasteiger partial charge in [-0.2, -0.15) is 0 Å². The van der Waals surface area contributed by atoms with E-state index in [4.69, 9.17) is 21.9 Å². The molecule has 0 spiro atoms. The van der Waals surface area contributed by atoms with E-state index in [9.17, 15) is 0 Å². The lowest BCUT2D eigenvalue weighted by atomic mass is 9.96. The first-order valence-corrected chi connectivity index (χ1v) is 14.3. The zero-order valence-corrected chi connectivity index (χ0v) is 24.9. The highest BCUT2D eigenvalue weighted by atomic mass is 32.1. The van der Waals surface area contributed by atoms with E-state index in [0.29, 0.717) is 5.11 Å². The number of hydrogen-bond acceptors (Lipinski definition) is 3. The molecule has 3 heterocycles. The minimum atomic E-state index is -0.112. The second-order valence-corrected chi connectivity index (χ2v) is 11.2. The maximum Gasteiger partial charge on any atom is 0.174 e. The summed E-state index contributed by atoms with van der Waals surface area (Å²) in [6.07, 6.45) is 1.84. The van der Waals surface area contributed by atoms with Crippen LogP contribution in [-0.2, 0) is 0 Å². The normalized spacial score (nSPS) is 16.6. The van der Waals surface area contributed by atoms with Crippen LogP contribution >= 0.6 is 12.2 Å². The van der Waals surface area contributed by atoms with E-state index in [-0.39, 0.29) is 12.1 Å². The highest BCUT2D eigenvalue weighted by Gasteiger charge is 2.42. The molecule has 3 aromatic carbocycles. The first kappa shape index (κ1) is 26.8. The van der Waals surface area contributed by atoms with Gasteiger partial charge < -0.3 is 19.5 Å². The Bertz CT molecular complexity index is 1690. The van der Waals surface area contributed by atoms with Crippen molar-refractivity contribution in [3.05, 3.63) is 137 Å². The van der Waals surface area contributed by atoms with E-state index < -0.39 is 0 Å². The van der Waals surface area contributed by atoms with Crippen LogP contribution in [0.25, 0.3) is 5.69 Å². The molecule has 0 saturated carbocycles. The minimum absolute atomic E-state index is 0.0921. The molecule has 5 aromatic rings. The summed E-state index contributed by atoms with van der Waals surface area (Å²) in [4.78, 5) is 6.96. The molecule has 206 valence electrons. The summed E-state index contributed by atoms with van der Waals surface area (Å²) >= 11 is 5.99. The average molecular weight is 559 g/mol. The first-order chi connectivity index (χ1) is 19.8. The van der Waals surface area contributed by atoms with Crippen molar-refractivity contribution < 1.29 is 4.74 Å². The number of ether oxygens (including phenoxy) is 1. The molecular formula is C35H34N4OS. The molecule has 6 heteroatoms. The molecule has 0 radical (unpaired) electrons. The topological polar surface area (TPSA) is 42.3 Å². The van der Waals surface area contributed by atoms with Crippen molar-refractivity contribution in [2.75, 3.05) is 4.90 Å². The molecular weight excluding hydrogens is 524 g/mol. The zero-order valence-electron chi connectivity index (χ0n) is 24.1. The molecule has 0 amide bonds. The molecule has 6 rings (SSSR count). The van der Waals surface area contributed by atoms with Gasteiger partial charge in [0.05, 0.1) is 23.5 Å². The van der Waals surface area contributed by atoms with E-state index >= 15 is 0 Å². The van der Waals surface area contributed by atoms with Crippen molar-refractivity contribution in [3.8, 4) is 17.2 Å². The van der Waals surface area contributed by atoms with E-state index in [1.807, 2.05) is 42.6 Å². The summed E-state index contributed by atoms with van der Waals surface area (Å²) in [5, 5.41) is 4.28. The summed E-state index contributed by atoms with van der Waals surface area (Å²) in [5.41, 5.74) is 10.5. The number of pyridine rings is 1. The molecule has 5 nitrogen and oxygen atoms in total. The number of hydrogen-bond donors (Lipinski definition) is 1. The van der Waals surface area contributed by atoms with Crippen molar-refractivity contribution in [1.29, 1.82) is 0 Å². The molecule has 41 heavy (non-hydrogen) atoms. The number of thiocarbonyl (C=S) groups is 1. The lowest BCUT2D eigenvalue weighted by Crippen LogP contribution is -2.29. The molecule has 2 aromatic heterocycles. The van der Waals surface area contributed by atoms with Gasteiger partial charge in [0, 0.05) is 23.3 Å². The van der Waals surface area contributed by atoms with E-state index in [2.05, 4.69) is 104 Å². The number of para-hydroxylation sites is 1. The number of aromatic nitrogens is 2. The van der Waals surface area contributed by atoms with Crippen LogP contribution in [0.15, 0.2) is 97.2 Å². The number of aryl methyl sites for hydroxylation is 4. The van der Waals surface area contributed by atoms with Crippen molar-refractivity contribution in [2.24, 2.45) is 0 Å². The van der Waals surface area contributed by atoms with Gasteiger partial charge in [0.2, 0.25) is 0 Å². The highest BCUT2D eigenvalue weighted by molar-refractivity contribution is 7.80. The predicted octanol–water partition coefficient (Wildman–Crippen LogP) is 8.38. The third-order valence-corrected chi connectivity index (χ3v) is 8.24. The Morgan fingerprint density at radius 2 is 1.44 bits per heavy atom. The molecule has 2 atom stereocenters. The van der Waals surface area contributed by atoms with Crippen LogP contribution in [0.4, 0.5) is 5.69 Å². The Balaban J connectivity index is 1.43. The maximum atomic E-state index is 6.11. The number of nitrogens with one attached hydrogen (secondary N) is 1. The Hall–Kier alpha value is -4.42. The van der Waals surface area contributed by atoms with Crippen LogP contribution < -0.4 is 15.0 Å². The fourth-order valence-corrected chi connectivity index (χ4v) is 6.30. The molecule has 1 aliphatic heterocycles. The second-order valence-electron chi connectivity index (χ2n) is 10.8. The SMILES string of the molecule is Cc1ccc(Oc2ccc(N3C(=S)N[C@@H](c4ccccn4)[C@H]3c3cc(C)n(-c4c(C)cccc4C)c3C)cc2)cc1. The summed E-state index contributed by atoms with van der Waals surface area (Å²) in [6.45, 7) is 10.8. The Morgan fingerprint density at radius 3 is 2.07 bits per heavy atom. The number of anilines is 1. The molecule has 0 unspecified atom stereocenters. The van der Waals surface area contributed by atoms with Crippen LogP contribution in [0.3, 0.4) is 0 Å². The lowest BCUT2D eigenvalue weighted by Gasteiger charge is -2.28. The molecule has 1 fully saturated rings. The zero-order chi connectivity index (χ0) is 28.7. The van der Waals surface area contributed by atoms with Gasteiger partial charge >= 0.3 is 0 Å². The van der Waals surface area contributed by atoms with Crippen LogP contribution in [0.2, 0.25) is 0 Å². The second kappa shape index (κ2) is 10.9. The van der Waals surface area contributed by atoms with Gasteiger partial charge in [0.15, 0.2) is 5.11 Å². The molecule has 1 saturated heterocycles. The van der Waals surface area contributed by atoms with Crippen LogP contribution in [0, 0.1) is 34.6 Å². The Morgan fingerprint density at radius 1 is 0.780 bits per heavy atom. The number of rotatable bonds is 6. The van der Waals surface area contributed by atoms with Gasteiger partial charge in [-0.1, -0.05) is 42.0 Å². The monoisotopic (exact) mass is 558 g/mol. The third kappa shape index (κ3) is 5.00. The standard InChI is InChI=1S/C35H34N4OS/c1-22-12-16-28(17-13-22)40-29-18-14-27(15-19-29)39-34(32(37-35(39)41)31-11-6-7-20-36-31)30-21-25(4)38(26(30)5)33-23(2)9-8-10-24(33)3/h6-21,32,34H,1-5H3,(H,37,41)/t32-,34+/m0/s1. The predicted molar refractivity (Wildman–Crippen MR) is 170 cm³/mol. The largest absolute Gasteiger partial charge is 0.457 e. The van der Waals surface area contributed by atoms with Crippen molar-refractivity contribution in [2.45, 2.75) is 46.7 Å². The molecule has 0 aliphatic carbocycles. The molecule has 0 bridgehead atoms. The van der Waals surface area contributed by atoms with Crippen LogP contribution in [-0.4, -0.2) is 14.7 Å². The first-order valence-electron chi connectivity index (χ1n) is 13.9. The highest BCUT2D eigenvalue weighted by Crippen LogP contribution is 2.44. The summed E-state index contributed by atoms with van der Waals surface area (Å²) in [6, 6.07) is 30.9. The minimum Gasteiger partial charge on any atom is -0.457 e. The number of nitrogens with zero attached hydrogens (tertiary/aromatic N) is 3. The summed E-state index contributed by atoms with van der Waals surface area (Å²) < 4.78 is 8.49. The van der Waals surface area contributed by atoms with E-state index in [0.717, 1.165) is 22.9 Å². The van der Waals surface area contributed by atoms with Gasteiger partial charge in [-0.05, 0) is 118 Å². The summed E-state index contributed by atoms with van der Waals surface area (Å²) in [7, 11) is 0. The van der Waals surface area contributed by atoms with Gasteiger partial charge in [-0.15, -0.1) is 0 Å². The maximum absolute atomic E-state index is 6.11. The Kier molecular flexibility index (Phi) is 7.10. The molecule has 1 aliphatic rings. The molecule has 1 N–H and O–H groups in total. The van der Waals surface area contributed by atoms with E-state index in [1.165, 1.54) is 39.3 Å². The van der Waals surface area contributed by atoms with Crippen molar-refractivity contribution in [3.63, 3.8) is 0 Å². The van der Waals surface area contributed by atoms with Gasteiger partial charge in [-0.3, -0.25) is 4.98 Å². The average Bonchev–Trinajstić information content (AvgIpc) is 3.46. The third-order valence-electron chi connectivity index (χ3n) is 7.92. The lowest BCUT2D eigenvalue weighted by molar-refractivity contribution is 0.482. The van der Waals surface area contributed by atoms with Gasteiger partial charge in [0.1, 0.15) is 11.5 Å². The van der Waals surface area contributed by atoms with E-state index in [1.54, 1.807) is 0 Å². The van der Waals surface area contributed by atoms with Gasteiger partial charge in [0.25, 0.3) is 0 Å². The van der Waals surface area contributed by atoms with Crippen LogP contribution in [0.5, 0.6) is 11.5 Å². The van der Waals surface area contributed by atoms with Crippen molar-refractivity contribution >= 4 is 23.0 Å². The summed E-state index contributed by atoms with van der Waals surface area (Å²) in [5.74, 6) is 1.59. The number of benzene rings is 3. The van der Waals surface area contributed by atoms with Gasteiger partial charge in [-0.25, -0.2) is 0 Å². The smallest absolute Gasteiger partial charge is 0.174 e. The Labute approximate surface area is 247 Å². The van der Waals surface area contributed by atoms with Crippen LogP contribution in [0.1, 0.15) is 51.4 Å². The fourth-order valence-electron chi connectivity index (χ4n) is 5.96. The fraction of sp³-hybridized carbons (Fsp3) is 0.200.